The predicted molar refractivity (Wildman–Crippen MR) is 159 cm³/mol. The van der Waals surface area contributed by atoms with Gasteiger partial charge in [-0.1, -0.05) is 19.9 Å². The lowest BCUT2D eigenvalue weighted by atomic mass is 9.96. The number of amides is 1. The predicted octanol–water partition coefficient (Wildman–Crippen LogP) is 4.13. The van der Waals surface area contributed by atoms with Crippen molar-refractivity contribution in [2.24, 2.45) is 7.05 Å². The molecule has 2 aromatic carbocycles. The first-order valence-electron chi connectivity index (χ1n) is 13.7. The third-order valence-corrected chi connectivity index (χ3v) is 6.72. The summed E-state index contributed by atoms with van der Waals surface area (Å²) in [6, 6.07) is 7.07. The number of aryl methyl sites for hydroxylation is 2. The molecule has 10 nitrogen and oxygen atoms in total. The lowest BCUT2D eigenvalue weighted by molar-refractivity contribution is -0.105. The second-order valence-corrected chi connectivity index (χ2v) is 9.37. The number of nitrogens with zero attached hydrogens (tertiary/aromatic N) is 4. The van der Waals surface area contributed by atoms with Gasteiger partial charge in [-0.15, -0.1) is 0 Å². The number of aromatic amines is 1. The van der Waals surface area contributed by atoms with Crippen molar-refractivity contribution in [3.8, 4) is 0 Å². The second kappa shape index (κ2) is 15.1. The summed E-state index contributed by atoms with van der Waals surface area (Å²) < 4.78 is 19.9. The Balaban J connectivity index is 0.000000177. The molecule has 6 rings (SSSR count). The van der Waals surface area contributed by atoms with E-state index >= 15 is 0 Å². The molecular formula is C29H40FN7O3. The van der Waals surface area contributed by atoms with Crippen LogP contribution in [-0.4, -0.2) is 65.6 Å². The fourth-order valence-electron chi connectivity index (χ4n) is 4.43. The van der Waals surface area contributed by atoms with Crippen LogP contribution in [0.5, 0.6) is 0 Å². The number of anilines is 2. The number of methoxy groups -OCH3 is 1. The first kappa shape index (κ1) is 30.7. The number of ether oxygens (including phenoxy) is 1. The van der Waals surface area contributed by atoms with Crippen LogP contribution in [0, 0.1) is 12.7 Å². The van der Waals surface area contributed by atoms with E-state index in [-0.39, 0.29) is 5.69 Å². The minimum Gasteiger partial charge on any atom is -0.381 e. The summed E-state index contributed by atoms with van der Waals surface area (Å²) in [7, 11) is 3.50. The fraction of sp³-hybridized carbons (Fsp3) is 0.448. The number of nitrogens with one attached hydrogen (secondary N) is 3. The Kier molecular flexibility index (Phi) is 11.6. The van der Waals surface area contributed by atoms with Gasteiger partial charge in [0, 0.05) is 74.9 Å². The molecule has 3 N–H and O–H groups in total. The van der Waals surface area contributed by atoms with E-state index in [1.165, 1.54) is 30.0 Å². The van der Waals surface area contributed by atoms with Crippen LogP contribution < -0.4 is 21.2 Å². The van der Waals surface area contributed by atoms with Gasteiger partial charge in [-0.05, 0) is 49.9 Å². The van der Waals surface area contributed by atoms with Crippen molar-refractivity contribution in [3.05, 3.63) is 58.5 Å². The van der Waals surface area contributed by atoms with E-state index in [4.69, 9.17) is 4.74 Å². The maximum Gasteiger partial charge on any atom is 0.345 e. The molecule has 2 aliphatic rings. The Morgan fingerprint density at radius 3 is 2.50 bits per heavy atom. The number of H-pyrrole nitrogens is 1. The van der Waals surface area contributed by atoms with Gasteiger partial charge >= 0.3 is 5.69 Å². The Hall–Kier alpha value is -3.83. The van der Waals surface area contributed by atoms with Gasteiger partial charge in [-0.3, -0.25) is 9.48 Å². The van der Waals surface area contributed by atoms with Gasteiger partial charge in [0.05, 0.1) is 11.6 Å². The van der Waals surface area contributed by atoms with Crippen molar-refractivity contribution < 1.29 is 13.9 Å². The molecule has 0 unspecified atom stereocenters. The third-order valence-electron chi connectivity index (χ3n) is 6.72. The summed E-state index contributed by atoms with van der Waals surface area (Å²) in [5.41, 5.74) is 3.57. The van der Waals surface area contributed by atoms with Gasteiger partial charge in [-0.2, -0.15) is 5.10 Å². The molecule has 40 heavy (non-hydrogen) atoms. The first-order valence-corrected chi connectivity index (χ1v) is 13.7. The van der Waals surface area contributed by atoms with Crippen molar-refractivity contribution in [2.75, 3.05) is 43.5 Å². The van der Waals surface area contributed by atoms with E-state index in [2.05, 4.69) is 42.7 Å². The van der Waals surface area contributed by atoms with Crippen LogP contribution in [0.25, 0.3) is 21.8 Å². The van der Waals surface area contributed by atoms with Crippen LogP contribution in [0.4, 0.5) is 15.8 Å². The number of carbonyl (C=O) groups is 1. The van der Waals surface area contributed by atoms with E-state index in [0.717, 1.165) is 48.3 Å². The van der Waals surface area contributed by atoms with Crippen molar-refractivity contribution in [3.63, 3.8) is 0 Å². The molecule has 0 bridgehead atoms. The monoisotopic (exact) mass is 553 g/mol. The van der Waals surface area contributed by atoms with Crippen LogP contribution in [-0.2, 0) is 16.6 Å². The largest absolute Gasteiger partial charge is 0.381 e. The molecule has 1 saturated heterocycles. The molecule has 2 fully saturated rings. The number of benzene rings is 2. The summed E-state index contributed by atoms with van der Waals surface area (Å²) >= 11 is 0. The summed E-state index contributed by atoms with van der Waals surface area (Å²) in [6.07, 6.45) is 8.44. The number of rotatable bonds is 4. The van der Waals surface area contributed by atoms with Gasteiger partial charge in [0.2, 0.25) is 6.41 Å². The number of aromatic nitrogens is 4. The highest BCUT2D eigenvalue weighted by Crippen LogP contribution is 2.27. The van der Waals surface area contributed by atoms with Crippen molar-refractivity contribution >= 4 is 39.6 Å². The smallest absolute Gasteiger partial charge is 0.345 e. The highest BCUT2D eigenvalue weighted by atomic mass is 19.1. The number of hydrogen-bond donors (Lipinski definition) is 3. The molecule has 1 saturated carbocycles. The Bertz CT molecular complexity index is 1440. The number of piperazine rings is 1. The van der Waals surface area contributed by atoms with Crippen LogP contribution in [0.15, 0.2) is 41.5 Å². The van der Waals surface area contributed by atoms with Crippen molar-refractivity contribution in [2.45, 2.75) is 46.1 Å². The minimum absolute atomic E-state index is 0.289. The standard InChI is InChI=1S/C13H16N4O.C9H8FN3O.C5H10O.C2H6/c1-9-2-3-11(17-6-4-14-5-7-17)10-8-15-13(18)16-12(9)10;1-13-4-6-2-7(11-5-14)3-8(10)9(6)12-13;1-6-5-3-2-4-5;1-2/h2-3,8,14H,4-7H2,1H3,(H,15,16,18);2-5H,1H3,(H,11,14);5H,2-4H2,1H3;1-2H3. The molecule has 2 aromatic heterocycles. The van der Waals surface area contributed by atoms with E-state index in [0.29, 0.717) is 29.1 Å². The summed E-state index contributed by atoms with van der Waals surface area (Å²) in [6.45, 7) is 9.95. The number of carbonyl (C=O) groups excluding carboxylic acids is 1. The summed E-state index contributed by atoms with van der Waals surface area (Å²) in [4.78, 5) is 30.5. The number of halogens is 1. The quantitative estimate of drug-likeness (QED) is 0.325. The van der Waals surface area contributed by atoms with E-state index in [9.17, 15) is 14.0 Å². The van der Waals surface area contributed by atoms with Gasteiger partial charge in [-0.25, -0.2) is 14.2 Å². The molecule has 1 aliphatic carbocycles. The van der Waals surface area contributed by atoms with Crippen molar-refractivity contribution in [1.82, 2.24) is 25.1 Å². The van der Waals surface area contributed by atoms with Crippen LogP contribution in [0.2, 0.25) is 0 Å². The highest BCUT2D eigenvalue weighted by Gasteiger charge is 2.15. The Labute approximate surface area is 233 Å². The normalized spacial score (nSPS) is 14.6. The van der Waals surface area contributed by atoms with E-state index < -0.39 is 5.82 Å². The molecule has 216 valence electrons. The van der Waals surface area contributed by atoms with E-state index in [1.807, 2.05) is 20.8 Å². The van der Waals surface area contributed by atoms with E-state index in [1.54, 1.807) is 32.6 Å². The highest BCUT2D eigenvalue weighted by molar-refractivity contribution is 5.93. The molecule has 11 heteroatoms. The van der Waals surface area contributed by atoms with Gasteiger partial charge in [0.15, 0.2) is 5.82 Å². The number of fused-ring (bicyclic) bond motifs is 2. The maximum atomic E-state index is 13.4. The average Bonchev–Trinajstić information content (AvgIpc) is 3.32. The van der Waals surface area contributed by atoms with Gasteiger partial charge in [0.1, 0.15) is 5.52 Å². The Morgan fingerprint density at radius 1 is 1.18 bits per heavy atom. The summed E-state index contributed by atoms with van der Waals surface area (Å²) in [5.74, 6) is -0.438. The molecule has 3 heterocycles. The fourth-order valence-corrected chi connectivity index (χ4v) is 4.43. The Morgan fingerprint density at radius 2 is 1.90 bits per heavy atom. The van der Waals surface area contributed by atoms with Gasteiger partial charge < -0.3 is 25.3 Å². The average molecular weight is 554 g/mol. The van der Waals surface area contributed by atoms with Crippen LogP contribution in [0.3, 0.4) is 0 Å². The second-order valence-electron chi connectivity index (χ2n) is 9.37. The van der Waals surface area contributed by atoms with Crippen molar-refractivity contribution in [1.29, 1.82) is 0 Å². The molecule has 0 radical (unpaired) electrons. The molecule has 0 spiro atoms. The topological polar surface area (TPSA) is 117 Å². The summed E-state index contributed by atoms with van der Waals surface area (Å²) in [5, 5.41) is 11.4. The molecule has 0 atom stereocenters. The zero-order valence-electron chi connectivity index (χ0n) is 24.0. The molecule has 4 aromatic rings. The third kappa shape index (κ3) is 7.86. The maximum absolute atomic E-state index is 13.4. The van der Waals surface area contributed by atoms with Gasteiger partial charge in [0.25, 0.3) is 0 Å². The van der Waals surface area contributed by atoms with Crippen LogP contribution in [0.1, 0.15) is 38.7 Å². The minimum atomic E-state index is -0.438. The SMILES string of the molecule is CC.COC1CCC1.Cc1ccc(N2CCNCC2)c2cnc(=O)[nH]c12.Cn1cc2cc(NC=O)cc(F)c2n1. The lowest BCUT2D eigenvalue weighted by Crippen LogP contribution is -2.43. The zero-order chi connectivity index (χ0) is 29.1. The molecule has 1 amide bonds. The molecular weight excluding hydrogens is 513 g/mol. The first-order chi connectivity index (χ1) is 19.4. The lowest BCUT2D eigenvalue weighted by Gasteiger charge is -2.30. The van der Waals surface area contributed by atoms with Crippen LogP contribution >= 0.6 is 0 Å². The zero-order valence-corrected chi connectivity index (χ0v) is 24.0. The molecule has 1 aliphatic heterocycles. The number of hydrogen-bond acceptors (Lipinski definition) is 7.